The highest BCUT2D eigenvalue weighted by Crippen LogP contribution is 2.27. The highest BCUT2D eigenvalue weighted by Gasteiger charge is 2.23. The van der Waals surface area contributed by atoms with Crippen LogP contribution in [0.2, 0.25) is 0 Å². The molecule has 1 aliphatic carbocycles. The predicted octanol–water partition coefficient (Wildman–Crippen LogP) is 2.85. The molecule has 0 spiro atoms. The first-order chi connectivity index (χ1) is 8.42. The Kier molecular flexibility index (Phi) is 6.13. The second-order valence-corrected chi connectivity index (χ2v) is 6.58. The zero-order valence-corrected chi connectivity index (χ0v) is 12.5. The number of carbonyl (C=O) groups excluding carboxylic acids is 1. The highest BCUT2D eigenvalue weighted by atomic mass is 16.2. The van der Waals surface area contributed by atoms with Gasteiger partial charge in [-0.2, -0.15) is 0 Å². The summed E-state index contributed by atoms with van der Waals surface area (Å²) in [6.45, 7) is 8.85. The van der Waals surface area contributed by atoms with Crippen molar-refractivity contribution in [2.75, 3.05) is 6.54 Å². The molecule has 1 aliphatic rings. The summed E-state index contributed by atoms with van der Waals surface area (Å²) in [4.78, 5) is 11.9. The van der Waals surface area contributed by atoms with Crippen LogP contribution in [0.1, 0.15) is 66.2 Å². The van der Waals surface area contributed by atoms with E-state index in [0.717, 1.165) is 6.42 Å². The predicted molar refractivity (Wildman–Crippen MR) is 76.6 cm³/mol. The normalized spacial score (nSPS) is 19.6. The van der Waals surface area contributed by atoms with Crippen molar-refractivity contribution >= 4 is 5.91 Å². The van der Waals surface area contributed by atoms with Crippen LogP contribution in [0.25, 0.3) is 0 Å². The van der Waals surface area contributed by atoms with E-state index in [1.165, 1.54) is 32.1 Å². The number of rotatable bonds is 5. The number of hydrogen-bond acceptors (Lipinski definition) is 2. The fourth-order valence-corrected chi connectivity index (χ4v) is 2.69. The van der Waals surface area contributed by atoms with Gasteiger partial charge in [0.05, 0.1) is 6.54 Å². The van der Waals surface area contributed by atoms with Crippen LogP contribution < -0.4 is 10.6 Å². The van der Waals surface area contributed by atoms with Gasteiger partial charge in [0.1, 0.15) is 0 Å². The minimum absolute atomic E-state index is 0.00386. The standard InChI is InChI=1S/C15H30N2O/c1-5-13(12-9-7-6-8-10-12)17-14(18)11-16-15(2,3)4/h12-13,16H,5-11H2,1-4H3,(H,17,18). The van der Waals surface area contributed by atoms with Gasteiger partial charge in [-0.1, -0.05) is 26.2 Å². The molecule has 1 saturated carbocycles. The first kappa shape index (κ1) is 15.5. The molecule has 0 aromatic heterocycles. The number of hydrogen-bond donors (Lipinski definition) is 2. The van der Waals surface area contributed by atoms with E-state index < -0.39 is 0 Å². The average Bonchev–Trinajstić information content (AvgIpc) is 2.33. The summed E-state index contributed by atoms with van der Waals surface area (Å²) in [5, 5.41) is 6.45. The van der Waals surface area contributed by atoms with E-state index in [1.54, 1.807) is 0 Å². The maximum absolute atomic E-state index is 11.9. The van der Waals surface area contributed by atoms with Crippen LogP contribution in [0.5, 0.6) is 0 Å². The Balaban J connectivity index is 2.35. The third-order valence-electron chi connectivity index (χ3n) is 3.78. The first-order valence-corrected chi connectivity index (χ1v) is 7.47. The Labute approximate surface area is 112 Å². The molecule has 0 saturated heterocycles. The van der Waals surface area contributed by atoms with Crippen molar-refractivity contribution in [3.05, 3.63) is 0 Å². The van der Waals surface area contributed by atoms with Crippen LogP contribution in [0.4, 0.5) is 0 Å². The van der Waals surface area contributed by atoms with Gasteiger partial charge in [0.15, 0.2) is 0 Å². The Hall–Kier alpha value is -0.570. The van der Waals surface area contributed by atoms with Crippen LogP contribution in [0, 0.1) is 5.92 Å². The van der Waals surface area contributed by atoms with Gasteiger partial charge in [-0.15, -0.1) is 0 Å². The van der Waals surface area contributed by atoms with Gasteiger partial charge in [0.2, 0.25) is 5.91 Å². The lowest BCUT2D eigenvalue weighted by molar-refractivity contribution is -0.121. The molecule has 18 heavy (non-hydrogen) atoms. The molecule has 1 fully saturated rings. The van der Waals surface area contributed by atoms with E-state index in [9.17, 15) is 4.79 Å². The van der Waals surface area contributed by atoms with Gasteiger partial charge in [-0.05, 0) is 46.0 Å². The van der Waals surface area contributed by atoms with Crippen molar-refractivity contribution < 1.29 is 4.79 Å². The molecule has 0 aromatic carbocycles. The van der Waals surface area contributed by atoms with E-state index in [-0.39, 0.29) is 11.4 Å². The molecule has 0 aromatic rings. The van der Waals surface area contributed by atoms with E-state index in [4.69, 9.17) is 0 Å². The molecule has 1 rings (SSSR count). The summed E-state index contributed by atoms with van der Waals surface area (Å²) >= 11 is 0. The van der Waals surface area contributed by atoms with Crippen LogP contribution in [-0.4, -0.2) is 24.0 Å². The van der Waals surface area contributed by atoms with Gasteiger partial charge in [-0.25, -0.2) is 0 Å². The molecule has 1 amide bonds. The van der Waals surface area contributed by atoms with Crippen molar-refractivity contribution in [2.45, 2.75) is 77.8 Å². The maximum Gasteiger partial charge on any atom is 0.234 e. The molecular formula is C15H30N2O. The Morgan fingerprint density at radius 1 is 1.22 bits per heavy atom. The van der Waals surface area contributed by atoms with Gasteiger partial charge < -0.3 is 10.6 Å². The summed E-state index contributed by atoms with van der Waals surface area (Å²) in [7, 11) is 0. The van der Waals surface area contributed by atoms with E-state index in [0.29, 0.717) is 18.5 Å². The van der Waals surface area contributed by atoms with Crippen molar-refractivity contribution in [3.8, 4) is 0 Å². The van der Waals surface area contributed by atoms with Crippen molar-refractivity contribution in [2.24, 2.45) is 5.92 Å². The summed E-state index contributed by atoms with van der Waals surface area (Å²) in [5.74, 6) is 0.838. The van der Waals surface area contributed by atoms with E-state index >= 15 is 0 Å². The minimum atomic E-state index is 0.00386. The monoisotopic (exact) mass is 254 g/mol. The number of amides is 1. The second-order valence-electron chi connectivity index (χ2n) is 6.58. The summed E-state index contributed by atoms with van der Waals surface area (Å²) in [6, 6.07) is 0.375. The van der Waals surface area contributed by atoms with Crippen LogP contribution in [0.3, 0.4) is 0 Å². The molecule has 1 unspecified atom stereocenters. The van der Waals surface area contributed by atoms with Crippen LogP contribution in [-0.2, 0) is 4.79 Å². The molecular weight excluding hydrogens is 224 g/mol. The van der Waals surface area contributed by atoms with E-state index in [1.807, 2.05) is 0 Å². The molecule has 0 aliphatic heterocycles. The lowest BCUT2D eigenvalue weighted by Crippen LogP contribution is -2.48. The highest BCUT2D eigenvalue weighted by molar-refractivity contribution is 5.78. The van der Waals surface area contributed by atoms with Crippen LogP contribution >= 0.6 is 0 Å². The molecule has 106 valence electrons. The summed E-state index contributed by atoms with van der Waals surface area (Å²) in [5.41, 5.74) is 0.00386. The molecule has 2 N–H and O–H groups in total. The molecule has 0 bridgehead atoms. The van der Waals surface area contributed by atoms with Crippen molar-refractivity contribution in [1.29, 1.82) is 0 Å². The molecule has 3 nitrogen and oxygen atoms in total. The third-order valence-corrected chi connectivity index (χ3v) is 3.78. The lowest BCUT2D eigenvalue weighted by Gasteiger charge is -2.30. The fourth-order valence-electron chi connectivity index (χ4n) is 2.69. The average molecular weight is 254 g/mol. The first-order valence-electron chi connectivity index (χ1n) is 7.47. The fraction of sp³-hybridized carbons (Fsp3) is 0.933. The van der Waals surface area contributed by atoms with E-state index in [2.05, 4.69) is 38.3 Å². The minimum Gasteiger partial charge on any atom is -0.352 e. The Morgan fingerprint density at radius 3 is 2.33 bits per heavy atom. The SMILES string of the molecule is CCC(NC(=O)CNC(C)(C)C)C1CCCCC1. The number of carbonyl (C=O) groups is 1. The zero-order valence-electron chi connectivity index (χ0n) is 12.5. The van der Waals surface area contributed by atoms with Gasteiger partial charge in [-0.3, -0.25) is 4.79 Å². The largest absolute Gasteiger partial charge is 0.352 e. The molecule has 0 heterocycles. The topological polar surface area (TPSA) is 41.1 Å². The lowest BCUT2D eigenvalue weighted by atomic mass is 9.83. The number of nitrogens with one attached hydrogen (secondary N) is 2. The quantitative estimate of drug-likeness (QED) is 0.792. The van der Waals surface area contributed by atoms with Gasteiger partial charge >= 0.3 is 0 Å². The zero-order chi connectivity index (χ0) is 13.6. The second kappa shape index (κ2) is 7.13. The summed E-state index contributed by atoms with van der Waals surface area (Å²) < 4.78 is 0. The Morgan fingerprint density at radius 2 is 1.83 bits per heavy atom. The van der Waals surface area contributed by atoms with Gasteiger partial charge in [0, 0.05) is 11.6 Å². The van der Waals surface area contributed by atoms with Crippen molar-refractivity contribution in [1.82, 2.24) is 10.6 Å². The third kappa shape index (κ3) is 5.85. The van der Waals surface area contributed by atoms with Gasteiger partial charge in [0.25, 0.3) is 0 Å². The molecule has 1 atom stereocenters. The maximum atomic E-state index is 11.9. The smallest absolute Gasteiger partial charge is 0.234 e. The van der Waals surface area contributed by atoms with Crippen LogP contribution in [0.15, 0.2) is 0 Å². The molecule has 0 radical (unpaired) electrons. The summed E-state index contributed by atoms with van der Waals surface area (Å²) in [6.07, 6.45) is 7.64. The molecule has 3 heteroatoms. The van der Waals surface area contributed by atoms with Crippen molar-refractivity contribution in [3.63, 3.8) is 0 Å². The Bertz CT molecular complexity index is 252.